The Morgan fingerprint density at radius 2 is 1.70 bits per heavy atom. The van der Waals surface area contributed by atoms with Crippen molar-refractivity contribution < 1.29 is 5.11 Å². The molecule has 0 saturated heterocycles. The molecule has 2 rings (SSSR count). The van der Waals surface area contributed by atoms with Crippen LogP contribution in [-0.2, 0) is 13.1 Å². The zero-order valence-corrected chi connectivity index (χ0v) is 13.4. The molecule has 0 atom stereocenters. The number of benzene rings is 1. The lowest BCUT2D eigenvalue weighted by atomic mass is 10.1. The van der Waals surface area contributed by atoms with Crippen LogP contribution < -0.4 is 5.62 Å². The second-order valence-corrected chi connectivity index (χ2v) is 5.56. The number of hydrogen-bond donors (Lipinski definition) is 1. The van der Waals surface area contributed by atoms with Gasteiger partial charge in [-0.05, 0) is 32.4 Å². The Kier molecular flexibility index (Phi) is 5.42. The molecule has 0 spiro atoms. The van der Waals surface area contributed by atoms with Crippen molar-refractivity contribution in [2.75, 3.05) is 7.05 Å². The first-order chi connectivity index (χ1) is 8.98. The zero-order chi connectivity index (χ0) is 14.0. The van der Waals surface area contributed by atoms with E-state index >= 15 is 0 Å². The van der Waals surface area contributed by atoms with Crippen molar-refractivity contribution in [3.63, 3.8) is 0 Å². The van der Waals surface area contributed by atoms with Crippen molar-refractivity contribution in [1.82, 2.24) is 9.13 Å². The highest BCUT2D eigenvalue weighted by atomic mass is 35.5. The van der Waals surface area contributed by atoms with Gasteiger partial charge in [-0.15, -0.1) is 12.4 Å². The molecule has 112 valence electrons. The number of imidazole rings is 1. The summed E-state index contributed by atoms with van der Waals surface area (Å²) in [5.74, 6) is 0. The third kappa shape index (κ3) is 3.25. The minimum Gasteiger partial charge on any atom is -0.389 e. The van der Waals surface area contributed by atoms with Gasteiger partial charge >= 0.3 is 0 Å². The molecule has 0 bridgehead atoms. The molecule has 0 radical (unpaired) electrons. The van der Waals surface area contributed by atoms with Gasteiger partial charge in [0.15, 0.2) is 0 Å². The van der Waals surface area contributed by atoms with Gasteiger partial charge in [0, 0.05) is 13.6 Å². The van der Waals surface area contributed by atoms with Gasteiger partial charge < -0.3 is 14.2 Å². The maximum absolute atomic E-state index is 10.1. The molecule has 1 aromatic heterocycles. The highest BCUT2D eigenvalue weighted by molar-refractivity contribution is 5.85. The maximum Gasteiger partial charge on any atom is 0.205 e. The number of hydrogen-bond acceptors (Lipinski definition) is 2. The molecule has 0 aliphatic rings. The van der Waals surface area contributed by atoms with Crippen LogP contribution in [0.15, 0.2) is 29.3 Å². The SMILES string of the molecule is CCCn1c(=NC)n(CC(C)(C)O)c2ccccc21.Cl. The number of aliphatic hydroxyl groups is 1. The fourth-order valence-corrected chi connectivity index (χ4v) is 2.51. The fourth-order valence-electron chi connectivity index (χ4n) is 2.51. The molecule has 0 aliphatic carbocycles. The van der Waals surface area contributed by atoms with Crippen LogP contribution in [0.3, 0.4) is 0 Å². The molecule has 0 amide bonds. The van der Waals surface area contributed by atoms with E-state index in [1.165, 1.54) is 5.52 Å². The van der Waals surface area contributed by atoms with Crippen LogP contribution in [0.2, 0.25) is 0 Å². The Balaban J connectivity index is 0.00000200. The number of aromatic nitrogens is 2. The number of rotatable bonds is 4. The summed E-state index contributed by atoms with van der Waals surface area (Å²) in [5.41, 5.74) is 2.46. The average molecular weight is 298 g/mol. The lowest BCUT2D eigenvalue weighted by Gasteiger charge is -2.18. The van der Waals surface area contributed by atoms with E-state index in [-0.39, 0.29) is 12.4 Å². The minimum absolute atomic E-state index is 0. The highest BCUT2D eigenvalue weighted by Gasteiger charge is 2.18. The molecular formula is C15H24ClN3O. The first kappa shape index (κ1) is 16.8. The summed E-state index contributed by atoms with van der Waals surface area (Å²) < 4.78 is 4.33. The smallest absolute Gasteiger partial charge is 0.205 e. The second-order valence-electron chi connectivity index (χ2n) is 5.56. The lowest BCUT2D eigenvalue weighted by molar-refractivity contribution is 0.0612. The predicted molar refractivity (Wildman–Crippen MR) is 85.3 cm³/mol. The summed E-state index contributed by atoms with van der Waals surface area (Å²) in [6.45, 7) is 7.29. The molecule has 1 aromatic carbocycles. The number of para-hydroxylation sites is 2. The summed E-state index contributed by atoms with van der Waals surface area (Å²) in [6.07, 6.45) is 1.06. The van der Waals surface area contributed by atoms with Crippen LogP contribution in [0.1, 0.15) is 27.2 Å². The molecule has 1 N–H and O–H groups in total. The Labute approximate surface area is 126 Å². The third-order valence-corrected chi connectivity index (χ3v) is 3.14. The largest absolute Gasteiger partial charge is 0.389 e. The van der Waals surface area contributed by atoms with Gasteiger partial charge in [0.05, 0.1) is 23.2 Å². The molecule has 4 nitrogen and oxygen atoms in total. The first-order valence-corrected chi connectivity index (χ1v) is 6.81. The van der Waals surface area contributed by atoms with Crippen LogP contribution in [0, 0.1) is 0 Å². The molecule has 0 fully saturated rings. The van der Waals surface area contributed by atoms with E-state index in [9.17, 15) is 5.11 Å². The summed E-state index contributed by atoms with van der Waals surface area (Å²) in [7, 11) is 1.81. The Hall–Kier alpha value is -1.26. The molecule has 0 saturated carbocycles. The number of nitrogens with zero attached hydrogens (tertiary/aromatic N) is 3. The maximum atomic E-state index is 10.1. The Morgan fingerprint density at radius 1 is 1.15 bits per heavy atom. The van der Waals surface area contributed by atoms with E-state index in [2.05, 4.69) is 33.2 Å². The van der Waals surface area contributed by atoms with E-state index in [0.29, 0.717) is 6.54 Å². The van der Waals surface area contributed by atoms with Gasteiger partial charge in [0.25, 0.3) is 0 Å². The number of halogens is 1. The monoisotopic (exact) mass is 297 g/mol. The Bertz CT molecular complexity index is 635. The van der Waals surface area contributed by atoms with E-state index in [0.717, 1.165) is 24.1 Å². The summed E-state index contributed by atoms with van der Waals surface area (Å²) >= 11 is 0. The van der Waals surface area contributed by atoms with Gasteiger partial charge in [0.1, 0.15) is 0 Å². The fraction of sp³-hybridized carbons (Fsp3) is 0.533. The topological polar surface area (TPSA) is 42.5 Å². The van der Waals surface area contributed by atoms with Gasteiger partial charge in [-0.25, -0.2) is 0 Å². The normalized spacial score (nSPS) is 12.8. The average Bonchev–Trinajstić information content (AvgIpc) is 2.62. The van der Waals surface area contributed by atoms with E-state index in [1.807, 2.05) is 26.0 Å². The van der Waals surface area contributed by atoms with Gasteiger partial charge in [-0.1, -0.05) is 19.1 Å². The predicted octanol–water partition coefficient (Wildman–Crippen LogP) is 2.58. The summed E-state index contributed by atoms with van der Waals surface area (Å²) in [5, 5.41) is 10.1. The van der Waals surface area contributed by atoms with Crippen molar-refractivity contribution in [3.8, 4) is 0 Å². The second kappa shape index (κ2) is 6.46. The van der Waals surface area contributed by atoms with E-state index in [4.69, 9.17) is 0 Å². The number of fused-ring (bicyclic) bond motifs is 1. The molecular weight excluding hydrogens is 274 g/mol. The van der Waals surface area contributed by atoms with Crippen molar-refractivity contribution >= 4 is 23.4 Å². The minimum atomic E-state index is -0.759. The molecule has 0 unspecified atom stereocenters. The van der Waals surface area contributed by atoms with Crippen molar-refractivity contribution in [2.45, 2.75) is 45.9 Å². The van der Waals surface area contributed by atoms with Crippen molar-refractivity contribution in [1.29, 1.82) is 0 Å². The van der Waals surface area contributed by atoms with Gasteiger partial charge in [-0.3, -0.25) is 4.99 Å². The highest BCUT2D eigenvalue weighted by Crippen LogP contribution is 2.16. The van der Waals surface area contributed by atoms with Crippen molar-refractivity contribution in [3.05, 3.63) is 29.9 Å². The summed E-state index contributed by atoms with van der Waals surface area (Å²) in [6, 6.07) is 8.27. The molecule has 1 heterocycles. The van der Waals surface area contributed by atoms with Crippen LogP contribution in [0.25, 0.3) is 11.0 Å². The van der Waals surface area contributed by atoms with Crippen LogP contribution in [-0.4, -0.2) is 26.9 Å². The quantitative estimate of drug-likeness (QED) is 0.926. The van der Waals surface area contributed by atoms with E-state index < -0.39 is 5.60 Å². The number of aryl methyl sites for hydroxylation is 1. The molecule has 2 aromatic rings. The van der Waals surface area contributed by atoms with Gasteiger partial charge in [0.2, 0.25) is 5.62 Å². The third-order valence-electron chi connectivity index (χ3n) is 3.14. The Morgan fingerprint density at radius 3 is 2.15 bits per heavy atom. The standard InChI is InChI=1S/C15H23N3O.ClH/c1-5-10-17-12-8-6-7-9-13(12)18(14(17)16-4)11-15(2,3)19;/h6-9,19H,5,10-11H2,1-4H3;1H. The van der Waals surface area contributed by atoms with Crippen molar-refractivity contribution in [2.24, 2.45) is 4.99 Å². The summed E-state index contributed by atoms with van der Waals surface area (Å²) in [4.78, 5) is 4.43. The molecule has 20 heavy (non-hydrogen) atoms. The van der Waals surface area contributed by atoms with Crippen LogP contribution in [0.4, 0.5) is 0 Å². The first-order valence-electron chi connectivity index (χ1n) is 6.81. The van der Waals surface area contributed by atoms with Gasteiger partial charge in [-0.2, -0.15) is 0 Å². The van der Waals surface area contributed by atoms with E-state index in [1.54, 1.807) is 7.05 Å². The molecule has 5 heteroatoms. The lowest BCUT2D eigenvalue weighted by Crippen LogP contribution is -2.34. The van der Waals surface area contributed by atoms with Crippen LogP contribution >= 0.6 is 12.4 Å². The zero-order valence-electron chi connectivity index (χ0n) is 12.6. The molecule has 0 aliphatic heterocycles. The van der Waals surface area contributed by atoms with Crippen LogP contribution in [0.5, 0.6) is 0 Å².